The molecule has 0 saturated heterocycles. The van der Waals surface area contributed by atoms with Crippen molar-refractivity contribution in [3.63, 3.8) is 0 Å². The number of benzene rings is 1. The first-order valence-electron chi connectivity index (χ1n) is 9.57. The van der Waals surface area contributed by atoms with Crippen LogP contribution in [0.2, 0.25) is 0 Å². The summed E-state index contributed by atoms with van der Waals surface area (Å²) in [6, 6.07) is 4.16. The van der Waals surface area contributed by atoms with Crippen LogP contribution in [0.4, 0.5) is 0 Å². The first-order chi connectivity index (χ1) is 13.4. The summed E-state index contributed by atoms with van der Waals surface area (Å²) in [6.07, 6.45) is 3.55. The van der Waals surface area contributed by atoms with Gasteiger partial charge in [-0.1, -0.05) is 19.3 Å². The third-order valence-corrected chi connectivity index (χ3v) is 6.57. The summed E-state index contributed by atoms with van der Waals surface area (Å²) in [5.41, 5.74) is -1.68. The van der Waals surface area contributed by atoms with E-state index in [0.29, 0.717) is 12.8 Å². The normalized spacial score (nSPS) is 16.7. The van der Waals surface area contributed by atoms with Crippen molar-refractivity contribution >= 4 is 21.9 Å². The van der Waals surface area contributed by atoms with E-state index in [9.17, 15) is 18.0 Å². The van der Waals surface area contributed by atoms with Crippen LogP contribution in [0.3, 0.4) is 0 Å². The molecular formula is C20H30N2O6S. The van der Waals surface area contributed by atoms with Crippen molar-refractivity contribution in [1.29, 1.82) is 0 Å². The topological polar surface area (TPSA) is 111 Å². The molecular weight excluding hydrogens is 396 g/mol. The summed E-state index contributed by atoms with van der Waals surface area (Å²) in [5, 5.41) is 2.79. The van der Waals surface area contributed by atoms with Crippen molar-refractivity contribution in [1.82, 2.24) is 10.0 Å². The van der Waals surface area contributed by atoms with Gasteiger partial charge in [0, 0.05) is 11.1 Å². The van der Waals surface area contributed by atoms with Gasteiger partial charge in [-0.3, -0.25) is 4.79 Å². The lowest BCUT2D eigenvalue weighted by molar-refractivity contribution is -0.149. The van der Waals surface area contributed by atoms with Gasteiger partial charge in [0.15, 0.2) is 0 Å². The quantitative estimate of drug-likeness (QED) is 0.676. The molecule has 2 N–H and O–H groups in total. The van der Waals surface area contributed by atoms with Crippen LogP contribution in [-0.2, 0) is 19.6 Å². The third-order valence-electron chi connectivity index (χ3n) is 4.79. The molecule has 1 saturated carbocycles. The van der Waals surface area contributed by atoms with Gasteiger partial charge in [-0.05, 0) is 51.8 Å². The fourth-order valence-electron chi connectivity index (χ4n) is 3.51. The fraction of sp³-hybridized carbons (Fsp3) is 0.600. The van der Waals surface area contributed by atoms with Gasteiger partial charge in [0.25, 0.3) is 5.91 Å². The van der Waals surface area contributed by atoms with Crippen LogP contribution in [0.25, 0.3) is 0 Å². The highest BCUT2D eigenvalue weighted by molar-refractivity contribution is 7.89. The van der Waals surface area contributed by atoms with E-state index in [0.717, 1.165) is 19.3 Å². The van der Waals surface area contributed by atoms with E-state index in [-0.39, 0.29) is 16.2 Å². The second-order valence-corrected chi connectivity index (χ2v) is 9.96. The Morgan fingerprint density at radius 1 is 1.07 bits per heavy atom. The number of amides is 1. The van der Waals surface area contributed by atoms with E-state index in [1.807, 2.05) is 0 Å². The summed E-state index contributed by atoms with van der Waals surface area (Å²) in [4.78, 5) is 25.2. The molecule has 0 atom stereocenters. The Hall–Kier alpha value is -2.13. The molecule has 1 aromatic rings. The van der Waals surface area contributed by atoms with Crippen molar-refractivity contribution in [2.24, 2.45) is 0 Å². The van der Waals surface area contributed by atoms with Gasteiger partial charge in [-0.2, -0.15) is 0 Å². The highest BCUT2D eigenvalue weighted by atomic mass is 32.2. The molecule has 0 aliphatic heterocycles. The lowest BCUT2D eigenvalue weighted by Gasteiger charge is -2.35. The van der Waals surface area contributed by atoms with E-state index in [1.165, 1.54) is 32.4 Å². The monoisotopic (exact) mass is 426 g/mol. The molecule has 1 aromatic carbocycles. The molecule has 8 nitrogen and oxygen atoms in total. The third kappa shape index (κ3) is 5.48. The van der Waals surface area contributed by atoms with Crippen LogP contribution in [0.15, 0.2) is 23.1 Å². The summed E-state index contributed by atoms with van der Waals surface area (Å²) in [6.45, 7) is 5.16. The zero-order chi connectivity index (χ0) is 21.9. The molecule has 162 valence electrons. The summed E-state index contributed by atoms with van der Waals surface area (Å²) < 4.78 is 38.3. The Bertz CT molecular complexity index is 867. The Balaban J connectivity index is 2.39. The molecule has 0 bridgehead atoms. The maximum Gasteiger partial charge on any atom is 0.331 e. The van der Waals surface area contributed by atoms with Gasteiger partial charge in [-0.15, -0.1) is 0 Å². The second-order valence-electron chi connectivity index (χ2n) is 8.31. The van der Waals surface area contributed by atoms with E-state index in [1.54, 1.807) is 20.8 Å². The molecule has 0 radical (unpaired) electrons. The van der Waals surface area contributed by atoms with Crippen LogP contribution in [0.1, 0.15) is 63.2 Å². The Morgan fingerprint density at radius 3 is 2.21 bits per heavy atom. The molecule has 1 fully saturated rings. The molecule has 0 spiro atoms. The van der Waals surface area contributed by atoms with Gasteiger partial charge >= 0.3 is 5.97 Å². The van der Waals surface area contributed by atoms with Crippen LogP contribution < -0.4 is 14.8 Å². The van der Waals surface area contributed by atoms with E-state index < -0.39 is 33.0 Å². The Kier molecular flexibility index (Phi) is 6.95. The number of methoxy groups -OCH3 is 2. The molecule has 1 aliphatic carbocycles. The second kappa shape index (κ2) is 8.71. The minimum absolute atomic E-state index is 0.119. The van der Waals surface area contributed by atoms with Crippen molar-refractivity contribution < 1.29 is 27.5 Å². The molecule has 0 unspecified atom stereocenters. The minimum Gasteiger partial charge on any atom is -0.495 e. The van der Waals surface area contributed by atoms with E-state index in [2.05, 4.69) is 10.0 Å². The van der Waals surface area contributed by atoms with Crippen LogP contribution in [0, 0.1) is 0 Å². The van der Waals surface area contributed by atoms with E-state index >= 15 is 0 Å². The maximum atomic E-state index is 12.9. The van der Waals surface area contributed by atoms with Gasteiger partial charge < -0.3 is 14.8 Å². The molecule has 9 heteroatoms. The van der Waals surface area contributed by atoms with Gasteiger partial charge in [0.05, 0.1) is 14.2 Å². The van der Waals surface area contributed by atoms with Crippen molar-refractivity contribution in [2.75, 3.05) is 14.2 Å². The Morgan fingerprint density at radius 2 is 1.69 bits per heavy atom. The van der Waals surface area contributed by atoms with Crippen LogP contribution >= 0.6 is 0 Å². The highest BCUT2D eigenvalue weighted by Gasteiger charge is 2.42. The van der Waals surface area contributed by atoms with Crippen molar-refractivity contribution in [3.8, 4) is 5.75 Å². The average Bonchev–Trinajstić information content (AvgIpc) is 2.65. The SMILES string of the molecule is COC(=O)C1(NC(=O)c2ccc(OC)c(S(=O)(=O)NC(C)(C)C)c2)CCCCC1. The standard InChI is InChI=1S/C20H30N2O6S/c1-19(2,3)22-29(25,26)16-13-14(9-10-15(16)27-4)17(23)21-20(18(24)28-5)11-7-6-8-12-20/h9-10,13,22H,6-8,11-12H2,1-5H3,(H,21,23). The van der Waals surface area contributed by atoms with Crippen molar-refractivity contribution in [2.45, 2.75) is 68.8 Å². The lowest BCUT2D eigenvalue weighted by Crippen LogP contribution is -2.56. The molecule has 1 aliphatic rings. The smallest absolute Gasteiger partial charge is 0.331 e. The summed E-state index contributed by atoms with van der Waals surface area (Å²) in [7, 11) is -1.28. The lowest BCUT2D eigenvalue weighted by atomic mass is 9.81. The average molecular weight is 427 g/mol. The van der Waals surface area contributed by atoms with Crippen molar-refractivity contribution in [3.05, 3.63) is 23.8 Å². The van der Waals surface area contributed by atoms with Gasteiger partial charge in [0.1, 0.15) is 16.2 Å². The predicted molar refractivity (Wildman–Crippen MR) is 108 cm³/mol. The zero-order valence-corrected chi connectivity index (χ0v) is 18.4. The van der Waals surface area contributed by atoms with E-state index in [4.69, 9.17) is 9.47 Å². The van der Waals surface area contributed by atoms with Gasteiger partial charge in [-0.25, -0.2) is 17.9 Å². The number of carbonyl (C=O) groups excluding carboxylic acids is 2. The number of esters is 1. The number of ether oxygens (including phenoxy) is 2. The number of hydrogen-bond acceptors (Lipinski definition) is 6. The van der Waals surface area contributed by atoms with Gasteiger partial charge in [0.2, 0.25) is 10.0 Å². The summed E-state index contributed by atoms with van der Waals surface area (Å²) >= 11 is 0. The number of nitrogens with one attached hydrogen (secondary N) is 2. The largest absolute Gasteiger partial charge is 0.495 e. The van der Waals surface area contributed by atoms with Crippen LogP contribution in [-0.4, -0.2) is 45.6 Å². The zero-order valence-electron chi connectivity index (χ0n) is 17.6. The first kappa shape index (κ1) is 23.2. The number of carbonyl (C=O) groups is 2. The molecule has 1 amide bonds. The molecule has 0 aromatic heterocycles. The van der Waals surface area contributed by atoms with Crippen LogP contribution in [0.5, 0.6) is 5.75 Å². The fourth-order valence-corrected chi connectivity index (χ4v) is 5.12. The molecule has 0 heterocycles. The Labute approximate surface area is 172 Å². The predicted octanol–water partition coefficient (Wildman–Crippen LogP) is 2.38. The number of hydrogen-bond donors (Lipinski definition) is 2. The molecule has 29 heavy (non-hydrogen) atoms. The minimum atomic E-state index is -3.93. The first-order valence-corrected chi connectivity index (χ1v) is 11.1. The summed E-state index contributed by atoms with van der Waals surface area (Å²) in [5.74, 6) is -0.896. The number of sulfonamides is 1. The molecule has 2 rings (SSSR count). The number of rotatable bonds is 6. The highest BCUT2D eigenvalue weighted by Crippen LogP contribution is 2.31. The maximum absolute atomic E-state index is 12.9.